The van der Waals surface area contributed by atoms with Crippen LogP contribution in [-0.4, -0.2) is 38.2 Å². The van der Waals surface area contributed by atoms with E-state index in [1.54, 1.807) is 18.2 Å². The van der Waals surface area contributed by atoms with Crippen molar-refractivity contribution < 1.29 is 23.1 Å². The zero-order valence-corrected chi connectivity index (χ0v) is 18.5. The van der Waals surface area contributed by atoms with Gasteiger partial charge in [0.25, 0.3) is 0 Å². The van der Waals surface area contributed by atoms with Crippen LogP contribution in [0.5, 0.6) is 0 Å². The minimum atomic E-state index is -4.46. The van der Waals surface area contributed by atoms with Gasteiger partial charge in [0.15, 0.2) is 0 Å². The lowest BCUT2D eigenvalue weighted by atomic mass is 10.0. The molecule has 3 aromatic rings. The molecular weight excluding hydrogens is 433 g/mol. The molecule has 33 heavy (non-hydrogen) atoms. The van der Waals surface area contributed by atoms with Gasteiger partial charge in [0.05, 0.1) is 11.3 Å². The van der Waals surface area contributed by atoms with Crippen molar-refractivity contribution in [3.8, 4) is 11.3 Å². The molecule has 1 amide bonds. The summed E-state index contributed by atoms with van der Waals surface area (Å²) >= 11 is 0. The van der Waals surface area contributed by atoms with Gasteiger partial charge in [-0.2, -0.15) is 13.2 Å². The van der Waals surface area contributed by atoms with Crippen molar-refractivity contribution in [3.05, 3.63) is 71.9 Å². The zero-order valence-electron chi connectivity index (χ0n) is 18.5. The number of hydrogen-bond donors (Lipinski definition) is 2. The molecule has 6 nitrogen and oxygen atoms in total. The number of anilines is 2. The van der Waals surface area contributed by atoms with Gasteiger partial charge in [-0.05, 0) is 63.1 Å². The number of nitrogens with one attached hydrogen (secondary N) is 1. The van der Waals surface area contributed by atoms with Crippen molar-refractivity contribution in [1.29, 1.82) is 0 Å². The van der Waals surface area contributed by atoms with Gasteiger partial charge in [-0.25, -0.2) is 14.8 Å². The number of halogens is 3. The summed E-state index contributed by atoms with van der Waals surface area (Å²) in [6.07, 6.45) is -3.81. The average Bonchev–Trinajstić information content (AvgIpc) is 2.73. The Bertz CT molecular complexity index is 1130. The van der Waals surface area contributed by atoms with Crippen molar-refractivity contribution in [3.63, 3.8) is 0 Å². The van der Waals surface area contributed by atoms with Crippen LogP contribution < -0.4 is 5.32 Å². The maximum atomic E-state index is 12.9. The summed E-state index contributed by atoms with van der Waals surface area (Å²) in [7, 11) is 0. The minimum absolute atomic E-state index is 0.0409. The predicted octanol–water partition coefficient (Wildman–Crippen LogP) is 6.23. The predicted molar refractivity (Wildman–Crippen MR) is 120 cm³/mol. The largest absolute Gasteiger partial charge is 0.465 e. The van der Waals surface area contributed by atoms with Gasteiger partial charge in [0.1, 0.15) is 11.6 Å². The third-order valence-corrected chi connectivity index (χ3v) is 4.98. The number of rotatable bonds is 6. The van der Waals surface area contributed by atoms with E-state index in [0.717, 1.165) is 29.5 Å². The number of benzene rings is 1. The Morgan fingerprint density at radius 3 is 2.42 bits per heavy atom. The van der Waals surface area contributed by atoms with E-state index in [4.69, 9.17) is 0 Å². The lowest BCUT2D eigenvalue weighted by Gasteiger charge is -2.33. The molecule has 0 unspecified atom stereocenters. The fourth-order valence-corrected chi connectivity index (χ4v) is 3.32. The van der Waals surface area contributed by atoms with Gasteiger partial charge in [-0.3, -0.25) is 0 Å². The number of pyridine rings is 2. The van der Waals surface area contributed by atoms with Crippen LogP contribution in [0.3, 0.4) is 0 Å². The highest BCUT2D eigenvalue weighted by atomic mass is 19.4. The molecule has 0 aliphatic heterocycles. The second kappa shape index (κ2) is 9.48. The maximum absolute atomic E-state index is 12.9. The fraction of sp³-hybridized carbons (Fsp3) is 0.292. The quantitative estimate of drug-likeness (QED) is 0.458. The summed E-state index contributed by atoms with van der Waals surface area (Å²) in [5.41, 5.74) is 1.07. The highest BCUT2D eigenvalue weighted by Gasteiger charge is 2.30. The summed E-state index contributed by atoms with van der Waals surface area (Å²) in [5, 5.41) is 12.3. The van der Waals surface area contributed by atoms with Crippen LogP contribution in [0.25, 0.3) is 11.3 Å². The summed E-state index contributed by atoms with van der Waals surface area (Å²) in [4.78, 5) is 21.4. The number of carbonyl (C=O) groups is 1. The van der Waals surface area contributed by atoms with Gasteiger partial charge in [-0.1, -0.05) is 24.3 Å². The summed E-state index contributed by atoms with van der Waals surface area (Å²) in [6.45, 7) is 5.89. The van der Waals surface area contributed by atoms with Crippen LogP contribution in [0, 0.1) is 0 Å². The van der Waals surface area contributed by atoms with E-state index in [1.807, 2.05) is 45.0 Å². The van der Waals surface area contributed by atoms with Gasteiger partial charge in [0, 0.05) is 23.8 Å². The molecule has 0 bridgehead atoms. The first kappa shape index (κ1) is 24.0. The van der Waals surface area contributed by atoms with E-state index in [0.29, 0.717) is 24.5 Å². The summed E-state index contributed by atoms with van der Waals surface area (Å²) in [5.74, 6) is 0.397. The van der Waals surface area contributed by atoms with Crippen LogP contribution in [-0.2, 0) is 12.6 Å². The topological polar surface area (TPSA) is 78.3 Å². The standard InChI is InChI=1S/C24H25F3N4O2/c1-23(2,3)31(22(32)33)13-11-16-6-4-7-17(14-16)19-8-5-9-20(29-19)30-21-15-18(10-12-28-21)24(25,26)27/h4-10,12,14-15H,11,13H2,1-3H3,(H,32,33)(H,28,29,30). The molecular formula is C24H25F3N4O2. The Kier molecular flexibility index (Phi) is 6.90. The molecule has 0 fully saturated rings. The Morgan fingerprint density at radius 1 is 1.03 bits per heavy atom. The Hall–Kier alpha value is -3.62. The first-order valence-electron chi connectivity index (χ1n) is 10.3. The highest BCUT2D eigenvalue weighted by Crippen LogP contribution is 2.30. The Balaban J connectivity index is 1.77. The first-order chi connectivity index (χ1) is 15.4. The van der Waals surface area contributed by atoms with E-state index in [1.165, 1.54) is 4.90 Å². The van der Waals surface area contributed by atoms with E-state index < -0.39 is 23.4 Å². The second-order valence-corrected chi connectivity index (χ2v) is 8.52. The number of aromatic nitrogens is 2. The summed E-state index contributed by atoms with van der Waals surface area (Å²) < 4.78 is 38.8. The monoisotopic (exact) mass is 458 g/mol. The Labute approximate surface area is 190 Å². The molecule has 0 aliphatic carbocycles. The number of nitrogens with zero attached hydrogens (tertiary/aromatic N) is 3. The Morgan fingerprint density at radius 2 is 1.76 bits per heavy atom. The van der Waals surface area contributed by atoms with Gasteiger partial charge < -0.3 is 15.3 Å². The molecule has 0 spiro atoms. The normalized spacial score (nSPS) is 11.8. The third kappa shape index (κ3) is 6.44. The number of hydrogen-bond acceptors (Lipinski definition) is 4. The molecule has 174 valence electrons. The van der Waals surface area contributed by atoms with Crippen LogP contribution in [0.15, 0.2) is 60.8 Å². The van der Waals surface area contributed by atoms with E-state index in [2.05, 4.69) is 15.3 Å². The molecule has 0 aliphatic rings. The van der Waals surface area contributed by atoms with Crippen LogP contribution in [0.2, 0.25) is 0 Å². The smallest absolute Gasteiger partial charge is 0.416 e. The fourth-order valence-electron chi connectivity index (χ4n) is 3.32. The van der Waals surface area contributed by atoms with Crippen molar-refractivity contribution in [2.24, 2.45) is 0 Å². The number of amides is 1. The van der Waals surface area contributed by atoms with Crippen LogP contribution in [0.4, 0.5) is 29.6 Å². The van der Waals surface area contributed by atoms with E-state index in [9.17, 15) is 23.1 Å². The molecule has 3 rings (SSSR count). The third-order valence-electron chi connectivity index (χ3n) is 4.98. The molecule has 0 saturated heterocycles. The molecule has 2 aromatic heterocycles. The van der Waals surface area contributed by atoms with E-state index >= 15 is 0 Å². The molecule has 0 radical (unpaired) electrons. The summed E-state index contributed by atoms with van der Waals surface area (Å²) in [6, 6.07) is 14.6. The molecule has 2 N–H and O–H groups in total. The SMILES string of the molecule is CC(C)(C)N(CCc1cccc(-c2cccc(Nc3cc(C(F)(F)F)ccn3)n2)c1)C(=O)O. The minimum Gasteiger partial charge on any atom is -0.465 e. The van der Waals surface area contributed by atoms with Crippen molar-refractivity contribution in [1.82, 2.24) is 14.9 Å². The first-order valence-corrected chi connectivity index (χ1v) is 10.3. The lowest BCUT2D eigenvalue weighted by Crippen LogP contribution is -2.45. The van der Waals surface area contributed by atoms with E-state index in [-0.39, 0.29) is 5.82 Å². The van der Waals surface area contributed by atoms with Crippen molar-refractivity contribution in [2.75, 3.05) is 11.9 Å². The van der Waals surface area contributed by atoms with Gasteiger partial charge in [0.2, 0.25) is 0 Å². The lowest BCUT2D eigenvalue weighted by molar-refractivity contribution is -0.137. The van der Waals surface area contributed by atoms with Gasteiger partial charge >= 0.3 is 12.3 Å². The number of carboxylic acid groups (broad SMARTS) is 1. The van der Waals surface area contributed by atoms with Crippen molar-refractivity contribution >= 4 is 17.7 Å². The molecule has 9 heteroatoms. The molecule has 2 heterocycles. The number of alkyl halides is 3. The van der Waals surface area contributed by atoms with Gasteiger partial charge in [-0.15, -0.1) is 0 Å². The molecule has 0 saturated carbocycles. The van der Waals surface area contributed by atoms with Crippen LogP contribution >= 0.6 is 0 Å². The zero-order chi connectivity index (χ0) is 24.2. The van der Waals surface area contributed by atoms with Crippen LogP contribution in [0.1, 0.15) is 31.9 Å². The molecule has 1 aromatic carbocycles. The maximum Gasteiger partial charge on any atom is 0.416 e. The second-order valence-electron chi connectivity index (χ2n) is 8.52. The average molecular weight is 458 g/mol. The highest BCUT2D eigenvalue weighted by molar-refractivity contribution is 5.66. The van der Waals surface area contributed by atoms with Crippen molar-refractivity contribution in [2.45, 2.75) is 38.9 Å². The molecule has 0 atom stereocenters.